The fourth-order valence-electron chi connectivity index (χ4n) is 14.5. The Morgan fingerprint density at radius 2 is 0.574 bits per heavy atom. The Kier molecular flexibility index (Phi) is 23.8. The van der Waals surface area contributed by atoms with Gasteiger partial charge in [0.2, 0.25) is 0 Å². The Balaban J connectivity index is 0.000000108. The minimum Gasteiger partial charge on any atom is -0.461 e. The van der Waals surface area contributed by atoms with Gasteiger partial charge in [-0.2, -0.15) is 0 Å². The van der Waals surface area contributed by atoms with Crippen molar-refractivity contribution in [1.82, 2.24) is 49.8 Å². The van der Waals surface area contributed by atoms with Crippen molar-refractivity contribution in [3.05, 3.63) is 398 Å². The van der Waals surface area contributed by atoms with Crippen molar-refractivity contribution in [3.63, 3.8) is 0 Å². The van der Waals surface area contributed by atoms with E-state index in [1.165, 1.54) is 78.4 Å². The van der Waals surface area contributed by atoms with Gasteiger partial charge in [0.25, 0.3) is 0 Å². The Hall–Kier alpha value is -13.1. The number of fused-ring (bicyclic) bond motifs is 5. The van der Waals surface area contributed by atoms with Crippen molar-refractivity contribution < 1.29 is 17.6 Å². The Labute approximate surface area is 676 Å². The molecule has 13 nitrogen and oxygen atoms in total. The maximum absolute atomic E-state index is 13.2. The molecule has 18 aromatic rings. The van der Waals surface area contributed by atoms with Crippen molar-refractivity contribution in [3.8, 4) is 34.8 Å². The fraction of sp³-hybridized carbons (Fsp3) is 0.141. The van der Waals surface area contributed by atoms with Crippen LogP contribution in [0.4, 0.5) is 4.39 Å². The van der Waals surface area contributed by atoms with Gasteiger partial charge in [0, 0.05) is 10.0 Å². The van der Waals surface area contributed by atoms with Crippen molar-refractivity contribution >= 4 is 89.5 Å². The minimum absolute atomic E-state index is 0.186. The lowest BCUT2D eigenvalue weighted by Crippen LogP contribution is -1.92. The van der Waals surface area contributed by atoms with Crippen LogP contribution in [0, 0.1) is 19.7 Å². The Morgan fingerprint density at radius 3 is 0.852 bits per heavy atom. The molecule has 20 rings (SSSR count). The maximum atomic E-state index is 13.2. The van der Waals surface area contributed by atoms with E-state index in [2.05, 4.69) is 235 Å². The number of aromatic amines is 5. The van der Waals surface area contributed by atoms with E-state index >= 15 is 0 Å². The number of allylic oxidation sites excluding steroid dienone is 8. The maximum Gasteiger partial charge on any atom is 0.174 e. The van der Waals surface area contributed by atoms with Gasteiger partial charge in [-0.3, -0.25) is 0 Å². The summed E-state index contributed by atoms with van der Waals surface area (Å²) in [6, 6.07) is 83.5. The smallest absolute Gasteiger partial charge is 0.174 e. The largest absolute Gasteiger partial charge is 0.461 e. The first kappa shape index (κ1) is 75.9. The summed E-state index contributed by atoms with van der Waals surface area (Å²) in [6.45, 7) is 4.28. The molecular formula is C99H85Cl2FN10O3. The first-order valence-corrected chi connectivity index (χ1v) is 39.8. The summed E-state index contributed by atoms with van der Waals surface area (Å²) in [4.78, 5) is 39.9. The van der Waals surface area contributed by atoms with Crippen LogP contribution in [-0.4, -0.2) is 49.8 Å². The van der Waals surface area contributed by atoms with Crippen LogP contribution >= 0.6 is 23.2 Å². The van der Waals surface area contributed by atoms with Crippen LogP contribution in [-0.2, 0) is 64.2 Å². The molecule has 0 saturated carbocycles. The molecule has 115 heavy (non-hydrogen) atoms. The van der Waals surface area contributed by atoms with E-state index in [-0.39, 0.29) is 5.82 Å². The Morgan fingerprint density at radius 1 is 0.296 bits per heavy atom. The number of aromatic nitrogens is 10. The topological polar surface area (TPSA) is 183 Å². The predicted octanol–water partition coefficient (Wildman–Crippen LogP) is 25.3. The normalized spacial score (nSPS) is 12.2. The zero-order valence-corrected chi connectivity index (χ0v) is 65.5. The van der Waals surface area contributed by atoms with E-state index in [1.54, 1.807) is 30.9 Å². The Bertz CT molecular complexity index is 5940. The van der Waals surface area contributed by atoms with Gasteiger partial charge >= 0.3 is 0 Å². The molecule has 5 N–H and O–H groups in total. The van der Waals surface area contributed by atoms with Gasteiger partial charge in [-0.1, -0.05) is 186 Å². The van der Waals surface area contributed by atoms with Crippen LogP contribution in [0.2, 0.25) is 10.0 Å². The van der Waals surface area contributed by atoms with Crippen molar-refractivity contribution in [2.24, 2.45) is 0 Å². The molecule has 10 aromatic carbocycles. The molecule has 8 aromatic heterocycles. The summed E-state index contributed by atoms with van der Waals surface area (Å²) in [6.07, 6.45) is 29.4. The molecule has 2 aliphatic rings. The molecule has 0 radical (unpaired) electrons. The lowest BCUT2D eigenvalue weighted by atomic mass is 10.0. The van der Waals surface area contributed by atoms with Crippen LogP contribution in [0.1, 0.15) is 91.3 Å². The van der Waals surface area contributed by atoms with Gasteiger partial charge in [0.1, 0.15) is 17.5 Å². The first-order chi connectivity index (χ1) is 56.4. The molecule has 570 valence electrons. The second kappa shape index (κ2) is 36.1. The summed E-state index contributed by atoms with van der Waals surface area (Å²) >= 11 is 12.1. The number of aryl methyl sites for hydroxylation is 12. The number of nitrogens with zero attached hydrogens (tertiary/aromatic N) is 5. The number of halogens is 3. The molecule has 0 fully saturated rings. The molecule has 2 aliphatic carbocycles. The second-order valence-electron chi connectivity index (χ2n) is 29.1. The lowest BCUT2D eigenvalue weighted by Gasteiger charge is -2.03. The number of rotatable bonds is 20. The van der Waals surface area contributed by atoms with E-state index in [0.29, 0.717) is 0 Å². The summed E-state index contributed by atoms with van der Waals surface area (Å²) in [5, 5.41) is 1.59. The molecule has 0 bridgehead atoms. The van der Waals surface area contributed by atoms with Gasteiger partial charge in [-0.05, 0) is 291 Å². The van der Waals surface area contributed by atoms with Crippen molar-refractivity contribution in [1.29, 1.82) is 0 Å². The molecule has 0 spiro atoms. The fourth-order valence-corrected chi connectivity index (χ4v) is 14.9. The standard InChI is InChI=1S/C21H20N2.C20H17ClN2.C20H18N2O.C19H15ClN2O.C19H15FN2O/c1-15-5-4-6-16(13-15)9-10-17-11-12-19-20(14-17)23-21(22-19)18-7-2-3-8-18;21-17-7-3-4-14(12-17)8-9-15-10-11-18-19(13-15)23-20(22-18)16-5-1-2-6-16;1-14-4-2-5-15(12-14)7-8-16-9-10-17-18(13-16)22-20(21-17)19-6-3-11-23-19;2*20-15-4-1-3-13(11-15)6-7-14-8-9-16-17(12-14)22-19(21-16)18-5-2-10-23-18/h2-7,11-14H,8-10H2,1H3,(H,22,23);1-5,7,10-13H,6,8-9H2,(H,22,23);2-6,9-13H,7-8H2,1H3,(H,21,22);2*1-5,8-12H,6-7H2,(H,21,22). The van der Waals surface area contributed by atoms with Crippen molar-refractivity contribution in [2.75, 3.05) is 0 Å². The van der Waals surface area contributed by atoms with Crippen molar-refractivity contribution in [2.45, 2.75) is 90.9 Å². The van der Waals surface area contributed by atoms with E-state index in [0.717, 1.165) is 194 Å². The minimum atomic E-state index is -0.186. The number of hydrogen-bond donors (Lipinski definition) is 5. The highest BCUT2D eigenvalue weighted by Gasteiger charge is 2.16. The summed E-state index contributed by atoms with van der Waals surface area (Å²) in [5.74, 6) is 6.31. The highest BCUT2D eigenvalue weighted by atomic mass is 35.5. The highest BCUT2D eigenvalue weighted by Crippen LogP contribution is 2.30. The molecule has 0 aliphatic heterocycles. The number of imidazole rings is 5. The van der Waals surface area contributed by atoms with Crippen LogP contribution in [0.15, 0.2) is 317 Å². The zero-order valence-electron chi connectivity index (χ0n) is 63.9. The van der Waals surface area contributed by atoms with Gasteiger partial charge in [0.15, 0.2) is 34.8 Å². The van der Waals surface area contributed by atoms with E-state index < -0.39 is 0 Å². The van der Waals surface area contributed by atoms with Crippen LogP contribution in [0.25, 0.3) is 101 Å². The SMILES string of the molecule is Cc1cccc(CCc2ccc3nc(-c4ccco4)[nH]c3c2)c1.Cc1cccc(CCc2ccc3nc(C4=CC=CC4)[nH]c3c2)c1.Clc1cccc(CCc2ccc3nc(-c4ccco4)[nH]c3c2)c1.Clc1cccc(CCc2ccc3nc(C4=CC=CC4)[nH]c3c2)c1.Fc1cccc(CCc2ccc3nc(-c4ccco4)[nH]c3c2)c1. The number of nitrogens with one attached hydrogen (secondary N) is 5. The third kappa shape index (κ3) is 20.0. The number of benzene rings is 10. The van der Waals surface area contributed by atoms with Gasteiger partial charge in [0.05, 0.1) is 74.0 Å². The molecule has 0 amide bonds. The molecule has 8 heterocycles. The highest BCUT2D eigenvalue weighted by molar-refractivity contribution is 6.31. The van der Waals surface area contributed by atoms with Gasteiger partial charge < -0.3 is 38.2 Å². The number of hydrogen-bond acceptors (Lipinski definition) is 8. The molecule has 0 atom stereocenters. The third-order valence-electron chi connectivity index (χ3n) is 20.5. The van der Waals surface area contributed by atoms with Crippen LogP contribution in [0.5, 0.6) is 0 Å². The zero-order chi connectivity index (χ0) is 78.2. The first-order valence-electron chi connectivity index (χ1n) is 39.0. The second-order valence-corrected chi connectivity index (χ2v) is 30.0. The van der Waals surface area contributed by atoms with E-state index in [1.807, 2.05) is 91.0 Å². The molecular weight excluding hydrogens is 1470 g/mol. The molecule has 0 saturated heterocycles. The monoisotopic (exact) mass is 1550 g/mol. The molecule has 16 heteroatoms. The average Bonchev–Trinajstić information content (AvgIpc) is 1.69. The lowest BCUT2D eigenvalue weighted by molar-refractivity contribution is 0.578. The summed E-state index contributed by atoms with van der Waals surface area (Å²) in [7, 11) is 0. The summed E-state index contributed by atoms with van der Waals surface area (Å²) in [5.41, 5.74) is 28.1. The van der Waals surface area contributed by atoms with Gasteiger partial charge in [-0.15, -0.1) is 0 Å². The number of furan rings is 3. The van der Waals surface area contributed by atoms with Crippen LogP contribution < -0.4 is 0 Å². The average molecular weight is 1550 g/mol. The quantitative estimate of drug-likeness (QED) is 0.0499. The predicted molar refractivity (Wildman–Crippen MR) is 466 cm³/mol. The van der Waals surface area contributed by atoms with Crippen LogP contribution in [0.3, 0.4) is 0 Å². The van der Waals surface area contributed by atoms with Gasteiger partial charge in [-0.25, -0.2) is 29.3 Å². The van der Waals surface area contributed by atoms with E-state index in [9.17, 15) is 4.39 Å². The molecule has 0 unspecified atom stereocenters. The third-order valence-corrected chi connectivity index (χ3v) is 21.0. The number of H-pyrrole nitrogens is 5. The van der Waals surface area contributed by atoms with E-state index in [4.69, 9.17) is 41.4 Å². The summed E-state index contributed by atoms with van der Waals surface area (Å²) < 4.78 is 29.4.